The molecule has 1 aliphatic heterocycles. The lowest BCUT2D eigenvalue weighted by Gasteiger charge is -1.90. The van der Waals surface area contributed by atoms with Crippen molar-refractivity contribution in [3.05, 3.63) is 11.6 Å². The van der Waals surface area contributed by atoms with E-state index in [1.54, 1.807) is 0 Å². The molecule has 1 heterocycles. The lowest BCUT2D eigenvalue weighted by Crippen LogP contribution is -2.22. The summed E-state index contributed by atoms with van der Waals surface area (Å²) in [6.45, 7) is 0. The number of rotatable bonds is 1. The van der Waals surface area contributed by atoms with Gasteiger partial charge in [-0.1, -0.05) is 12.2 Å². The van der Waals surface area contributed by atoms with Crippen LogP contribution in [0.5, 0.6) is 0 Å². The first kappa shape index (κ1) is 6.57. The molecule has 0 fully saturated rings. The molecule has 48 valence electrons. The van der Waals surface area contributed by atoms with Crippen LogP contribution in [0.25, 0.3) is 0 Å². The Kier molecular flexibility index (Phi) is 1.73. The molecule has 0 aromatic rings. The highest BCUT2D eigenvalue weighted by atomic mass is 32.2. The summed E-state index contributed by atoms with van der Waals surface area (Å²) < 4.78 is 10.7. The Bertz CT molecular complexity index is 231. The zero-order valence-electron chi connectivity index (χ0n) is 4.40. The molecule has 0 aromatic heterocycles. The van der Waals surface area contributed by atoms with Gasteiger partial charge in [0, 0.05) is 11.6 Å². The van der Waals surface area contributed by atoms with Crippen LogP contribution < -0.4 is 5.73 Å². The van der Waals surface area contributed by atoms with Gasteiger partial charge in [0.25, 0.3) is 0 Å². The molecular formula is C4H4N2OS2. The lowest BCUT2D eigenvalue weighted by molar-refractivity contribution is 0.695. The SMILES string of the molecule is NC(=S)C1=NC=CS1=O. The predicted molar refractivity (Wildman–Crippen MR) is 41.5 cm³/mol. The molecule has 1 aliphatic rings. The van der Waals surface area contributed by atoms with Crippen molar-refractivity contribution >= 4 is 33.0 Å². The molecule has 0 aromatic carbocycles. The average Bonchev–Trinajstić information content (AvgIpc) is 2.13. The van der Waals surface area contributed by atoms with E-state index in [9.17, 15) is 4.21 Å². The summed E-state index contributed by atoms with van der Waals surface area (Å²) in [5.41, 5.74) is 5.16. The van der Waals surface area contributed by atoms with Gasteiger partial charge in [-0.25, -0.2) is 9.20 Å². The number of nitrogens with zero attached hydrogens (tertiary/aromatic N) is 1. The molecule has 1 rings (SSSR count). The van der Waals surface area contributed by atoms with E-state index in [1.165, 1.54) is 11.6 Å². The largest absolute Gasteiger partial charge is 0.388 e. The lowest BCUT2D eigenvalue weighted by atomic mass is 10.7. The summed E-state index contributed by atoms with van der Waals surface area (Å²) in [5.74, 6) is 0. The Morgan fingerprint density at radius 3 is 2.78 bits per heavy atom. The second kappa shape index (κ2) is 2.36. The van der Waals surface area contributed by atoms with E-state index in [1.807, 2.05) is 0 Å². The van der Waals surface area contributed by atoms with Crippen molar-refractivity contribution in [2.45, 2.75) is 0 Å². The molecule has 5 heteroatoms. The number of nitrogens with two attached hydrogens (primary N) is 1. The molecule has 0 amide bonds. The van der Waals surface area contributed by atoms with E-state index in [0.717, 1.165) is 0 Å². The van der Waals surface area contributed by atoms with Gasteiger partial charge >= 0.3 is 0 Å². The molecule has 1 unspecified atom stereocenters. The Morgan fingerprint density at radius 2 is 2.56 bits per heavy atom. The molecule has 0 saturated heterocycles. The standard InChI is InChI=1S/C4H4N2OS2/c5-3(8)4-6-1-2-9(4)7/h1-2H,(H2,5,8). The highest BCUT2D eigenvalue weighted by Gasteiger charge is 2.12. The second-order valence-corrected chi connectivity index (χ2v) is 3.07. The quantitative estimate of drug-likeness (QED) is 0.545. The average molecular weight is 160 g/mol. The fourth-order valence-corrected chi connectivity index (χ4v) is 1.40. The first-order valence-corrected chi connectivity index (χ1v) is 3.79. The summed E-state index contributed by atoms with van der Waals surface area (Å²) in [6.07, 6.45) is 1.44. The minimum Gasteiger partial charge on any atom is -0.388 e. The van der Waals surface area contributed by atoms with Gasteiger partial charge in [-0.05, 0) is 0 Å². The fraction of sp³-hybridized carbons (Fsp3) is 0. The summed E-state index contributed by atoms with van der Waals surface area (Å²) >= 11 is 4.55. The van der Waals surface area contributed by atoms with Crippen LogP contribution in [0.2, 0.25) is 0 Å². The third-order valence-corrected chi connectivity index (χ3v) is 2.18. The van der Waals surface area contributed by atoms with Gasteiger partial charge in [0.15, 0.2) is 5.04 Å². The maximum atomic E-state index is 10.7. The zero-order chi connectivity index (χ0) is 6.85. The van der Waals surface area contributed by atoms with Gasteiger partial charge in [-0.2, -0.15) is 0 Å². The van der Waals surface area contributed by atoms with E-state index >= 15 is 0 Å². The van der Waals surface area contributed by atoms with Gasteiger partial charge in [-0.3, -0.25) is 0 Å². The van der Waals surface area contributed by atoms with E-state index < -0.39 is 10.8 Å². The molecule has 9 heavy (non-hydrogen) atoms. The van der Waals surface area contributed by atoms with Gasteiger partial charge in [0.1, 0.15) is 15.8 Å². The second-order valence-electron chi connectivity index (χ2n) is 1.38. The van der Waals surface area contributed by atoms with Crippen molar-refractivity contribution < 1.29 is 4.21 Å². The van der Waals surface area contributed by atoms with Gasteiger partial charge in [0.2, 0.25) is 0 Å². The van der Waals surface area contributed by atoms with Crippen LogP contribution in [0.1, 0.15) is 0 Å². The van der Waals surface area contributed by atoms with Crippen molar-refractivity contribution in [3.8, 4) is 0 Å². The smallest absolute Gasteiger partial charge is 0.165 e. The number of hydrogen-bond acceptors (Lipinski definition) is 3. The van der Waals surface area contributed by atoms with Crippen molar-refractivity contribution in [2.24, 2.45) is 10.7 Å². The van der Waals surface area contributed by atoms with Crippen molar-refractivity contribution in [2.75, 3.05) is 0 Å². The highest BCUT2D eigenvalue weighted by Crippen LogP contribution is 2.00. The topological polar surface area (TPSA) is 55.4 Å². The summed E-state index contributed by atoms with van der Waals surface area (Å²) in [5, 5.41) is 1.74. The molecule has 0 bridgehead atoms. The van der Waals surface area contributed by atoms with Gasteiger partial charge in [0.05, 0.1) is 0 Å². The van der Waals surface area contributed by atoms with Crippen LogP contribution >= 0.6 is 12.2 Å². The monoisotopic (exact) mass is 160 g/mol. The third-order valence-electron chi connectivity index (χ3n) is 0.778. The predicted octanol–water partition coefficient (Wildman–Crippen LogP) is -0.0955. The Balaban J connectivity index is 2.88. The molecule has 2 N–H and O–H groups in total. The number of aliphatic imine (C=N–C) groups is 1. The van der Waals surface area contributed by atoms with Crippen molar-refractivity contribution in [1.29, 1.82) is 0 Å². The Hall–Kier alpha value is -0.550. The van der Waals surface area contributed by atoms with Crippen LogP contribution in [-0.2, 0) is 10.8 Å². The molecular weight excluding hydrogens is 156 g/mol. The van der Waals surface area contributed by atoms with Crippen LogP contribution in [-0.4, -0.2) is 14.2 Å². The normalized spacial score (nSPS) is 24.0. The molecule has 0 radical (unpaired) electrons. The first-order valence-electron chi connectivity index (χ1n) is 2.16. The first-order chi connectivity index (χ1) is 4.22. The van der Waals surface area contributed by atoms with Crippen LogP contribution in [0.3, 0.4) is 0 Å². The third kappa shape index (κ3) is 1.22. The van der Waals surface area contributed by atoms with Crippen LogP contribution in [0.4, 0.5) is 0 Å². The van der Waals surface area contributed by atoms with Crippen molar-refractivity contribution in [1.82, 2.24) is 0 Å². The van der Waals surface area contributed by atoms with E-state index in [0.29, 0.717) is 5.04 Å². The van der Waals surface area contributed by atoms with E-state index in [-0.39, 0.29) is 4.99 Å². The maximum Gasteiger partial charge on any atom is 0.165 e. The number of thiocarbonyl (C=S) groups is 1. The molecule has 3 nitrogen and oxygen atoms in total. The van der Waals surface area contributed by atoms with Gasteiger partial charge < -0.3 is 5.73 Å². The Labute approximate surface area is 60.1 Å². The summed E-state index contributed by atoms with van der Waals surface area (Å²) in [7, 11) is -1.19. The fourth-order valence-electron chi connectivity index (χ4n) is 0.433. The van der Waals surface area contributed by atoms with E-state index in [2.05, 4.69) is 17.2 Å². The number of hydrogen-bond donors (Lipinski definition) is 1. The van der Waals surface area contributed by atoms with Gasteiger partial charge in [-0.15, -0.1) is 0 Å². The molecule has 1 atom stereocenters. The minimum atomic E-state index is -1.19. The molecule has 0 aliphatic carbocycles. The Morgan fingerprint density at radius 1 is 1.89 bits per heavy atom. The van der Waals surface area contributed by atoms with E-state index in [4.69, 9.17) is 5.73 Å². The molecule has 0 saturated carbocycles. The van der Waals surface area contributed by atoms with Crippen molar-refractivity contribution in [3.63, 3.8) is 0 Å². The summed E-state index contributed by atoms with van der Waals surface area (Å²) in [4.78, 5) is 3.80. The minimum absolute atomic E-state index is 0.110. The summed E-state index contributed by atoms with van der Waals surface area (Å²) in [6, 6.07) is 0. The molecule has 0 spiro atoms. The maximum absolute atomic E-state index is 10.7. The van der Waals surface area contributed by atoms with Crippen LogP contribution in [0, 0.1) is 0 Å². The zero-order valence-corrected chi connectivity index (χ0v) is 6.04. The highest BCUT2D eigenvalue weighted by molar-refractivity contribution is 8.07. The van der Waals surface area contributed by atoms with Crippen LogP contribution in [0.15, 0.2) is 16.6 Å².